The fraction of sp³-hybridized carbons (Fsp3) is 0.154. The van der Waals surface area contributed by atoms with E-state index in [0.717, 1.165) is 5.69 Å². The normalized spacial score (nSPS) is 9.89. The van der Waals surface area contributed by atoms with Crippen LogP contribution in [0.1, 0.15) is 10.5 Å². The van der Waals surface area contributed by atoms with E-state index in [1.54, 1.807) is 44.7 Å². The van der Waals surface area contributed by atoms with Gasteiger partial charge in [-0.1, -0.05) is 6.07 Å². The van der Waals surface area contributed by atoms with Crippen LogP contribution in [0.2, 0.25) is 0 Å². The highest BCUT2D eigenvalue weighted by Gasteiger charge is 2.15. The summed E-state index contributed by atoms with van der Waals surface area (Å²) < 4.78 is 0. The average molecular weight is 242 g/mol. The van der Waals surface area contributed by atoms with Crippen molar-refractivity contribution in [2.75, 3.05) is 24.3 Å². The van der Waals surface area contributed by atoms with E-state index < -0.39 is 0 Å². The van der Waals surface area contributed by atoms with Gasteiger partial charge in [0, 0.05) is 32.2 Å². The second kappa shape index (κ2) is 5.27. The number of nitrogens with one attached hydrogen (secondary N) is 1. The first kappa shape index (κ1) is 12.0. The summed E-state index contributed by atoms with van der Waals surface area (Å²) in [6.45, 7) is 0. The largest absolute Gasteiger partial charge is 0.388 e. The highest BCUT2D eigenvalue weighted by Crippen LogP contribution is 2.13. The molecule has 2 heterocycles. The number of hydrogen-bond donors (Lipinski definition) is 1. The maximum absolute atomic E-state index is 12.2. The molecule has 0 fully saturated rings. The van der Waals surface area contributed by atoms with Gasteiger partial charge in [0.1, 0.15) is 11.5 Å². The van der Waals surface area contributed by atoms with E-state index in [0.29, 0.717) is 11.5 Å². The van der Waals surface area contributed by atoms with Crippen molar-refractivity contribution in [3.8, 4) is 0 Å². The second-order valence-corrected chi connectivity index (χ2v) is 3.73. The Morgan fingerprint density at radius 2 is 2.06 bits per heavy atom. The molecule has 5 heteroatoms. The fourth-order valence-corrected chi connectivity index (χ4v) is 1.53. The van der Waals surface area contributed by atoms with Gasteiger partial charge in [-0.3, -0.25) is 14.7 Å². The lowest BCUT2D eigenvalue weighted by molar-refractivity contribution is 0.0987. The first-order valence-electron chi connectivity index (χ1n) is 5.55. The van der Waals surface area contributed by atoms with Crippen molar-refractivity contribution in [2.24, 2.45) is 0 Å². The van der Waals surface area contributed by atoms with Crippen molar-refractivity contribution < 1.29 is 4.79 Å². The van der Waals surface area contributed by atoms with Crippen molar-refractivity contribution in [1.29, 1.82) is 0 Å². The van der Waals surface area contributed by atoms with Crippen molar-refractivity contribution >= 4 is 17.4 Å². The number of anilines is 2. The van der Waals surface area contributed by atoms with Crippen molar-refractivity contribution in [3.05, 3.63) is 48.4 Å². The molecule has 0 spiro atoms. The number of rotatable bonds is 3. The van der Waals surface area contributed by atoms with Crippen LogP contribution in [-0.4, -0.2) is 30.0 Å². The van der Waals surface area contributed by atoms with Crippen LogP contribution in [-0.2, 0) is 0 Å². The molecule has 0 saturated carbocycles. The lowest BCUT2D eigenvalue weighted by Crippen LogP contribution is -2.27. The molecule has 0 saturated heterocycles. The Hall–Kier alpha value is -2.43. The molecule has 0 atom stereocenters. The molecule has 0 aliphatic rings. The quantitative estimate of drug-likeness (QED) is 0.891. The molecule has 0 bridgehead atoms. The monoisotopic (exact) mass is 242 g/mol. The molecule has 1 amide bonds. The van der Waals surface area contributed by atoms with Gasteiger partial charge in [0.15, 0.2) is 0 Å². The van der Waals surface area contributed by atoms with Crippen molar-refractivity contribution in [2.45, 2.75) is 0 Å². The molecule has 18 heavy (non-hydrogen) atoms. The molecule has 5 nitrogen and oxygen atoms in total. The predicted molar refractivity (Wildman–Crippen MR) is 70.8 cm³/mol. The van der Waals surface area contributed by atoms with Gasteiger partial charge in [0.2, 0.25) is 0 Å². The van der Waals surface area contributed by atoms with Crippen LogP contribution in [0.3, 0.4) is 0 Å². The maximum atomic E-state index is 12.2. The summed E-state index contributed by atoms with van der Waals surface area (Å²) in [4.78, 5) is 21.9. The van der Waals surface area contributed by atoms with Crippen molar-refractivity contribution in [3.63, 3.8) is 0 Å². The van der Waals surface area contributed by atoms with Crippen LogP contribution in [0, 0.1) is 0 Å². The summed E-state index contributed by atoms with van der Waals surface area (Å²) in [7, 11) is 3.48. The number of carbonyl (C=O) groups is 1. The Morgan fingerprint density at radius 1 is 1.22 bits per heavy atom. The first-order valence-corrected chi connectivity index (χ1v) is 5.55. The van der Waals surface area contributed by atoms with E-state index in [-0.39, 0.29) is 5.91 Å². The van der Waals surface area contributed by atoms with Crippen LogP contribution in [0.15, 0.2) is 42.7 Å². The lowest BCUT2D eigenvalue weighted by atomic mass is 10.3. The van der Waals surface area contributed by atoms with Gasteiger partial charge in [-0.25, -0.2) is 4.98 Å². The number of hydrogen-bond acceptors (Lipinski definition) is 4. The Morgan fingerprint density at radius 3 is 2.72 bits per heavy atom. The van der Waals surface area contributed by atoms with Gasteiger partial charge in [-0.15, -0.1) is 0 Å². The van der Waals surface area contributed by atoms with Gasteiger partial charge in [0.05, 0.1) is 0 Å². The molecular weight excluding hydrogens is 228 g/mol. The Labute approximate surface area is 105 Å². The number of aromatic nitrogens is 2. The maximum Gasteiger partial charge on any atom is 0.277 e. The molecule has 0 aliphatic carbocycles. The summed E-state index contributed by atoms with van der Waals surface area (Å²) >= 11 is 0. The van der Waals surface area contributed by atoms with Crippen LogP contribution >= 0.6 is 0 Å². The van der Waals surface area contributed by atoms with E-state index >= 15 is 0 Å². The minimum atomic E-state index is -0.189. The van der Waals surface area contributed by atoms with Crippen LogP contribution in [0.25, 0.3) is 0 Å². The summed E-state index contributed by atoms with van der Waals surface area (Å²) in [6.07, 6.45) is 3.25. The van der Waals surface area contributed by atoms with E-state index in [4.69, 9.17) is 0 Å². The van der Waals surface area contributed by atoms with Crippen molar-refractivity contribution in [1.82, 2.24) is 9.97 Å². The summed E-state index contributed by atoms with van der Waals surface area (Å²) in [6, 6.07) is 8.93. The fourth-order valence-electron chi connectivity index (χ4n) is 1.53. The zero-order valence-corrected chi connectivity index (χ0v) is 10.3. The Bertz CT molecular complexity index is 542. The van der Waals surface area contributed by atoms with Crippen LogP contribution in [0.4, 0.5) is 11.5 Å². The number of carbonyl (C=O) groups excluding carboxylic acids is 1. The molecule has 0 radical (unpaired) electrons. The molecule has 2 rings (SSSR count). The van der Waals surface area contributed by atoms with Gasteiger partial charge < -0.3 is 5.32 Å². The Balaban J connectivity index is 2.25. The smallest absolute Gasteiger partial charge is 0.277 e. The number of nitrogens with zero attached hydrogens (tertiary/aromatic N) is 3. The SMILES string of the molecule is CNc1ccnc(C(=O)N(C)c2ccccn2)c1. The molecule has 2 aromatic rings. The topological polar surface area (TPSA) is 58.1 Å². The highest BCUT2D eigenvalue weighted by atomic mass is 16.2. The zero-order valence-electron chi connectivity index (χ0n) is 10.3. The summed E-state index contributed by atoms with van der Waals surface area (Å²) in [5, 5.41) is 2.97. The summed E-state index contributed by atoms with van der Waals surface area (Å²) in [5.74, 6) is 0.407. The first-order chi connectivity index (χ1) is 8.72. The molecule has 0 aliphatic heterocycles. The minimum absolute atomic E-state index is 0.189. The predicted octanol–water partition coefficient (Wildman–Crippen LogP) is 1.79. The van der Waals surface area contributed by atoms with E-state index in [2.05, 4.69) is 15.3 Å². The number of amides is 1. The average Bonchev–Trinajstić information content (AvgIpc) is 2.46. The van der Waals surface area contributed by atoms with E-state index in [1.807, 2.05) is 12.1 Å². The lowest BCUT2D eigenvalue weighted by Gasteiger charge is -2.15. The molecule has 92 valence electrons. The van der Waals surface area contributed by atoms with Gasteiger partial charge >= 0.3 is 0 Å². The van der Waals surface area contributed by atoms with E-state index in [9.17, 15) is 4.79 Å². The van der Waals surface area contributed by atoms with Gasteiger partial charge in [-0.05, 0) is 24.3 Å². The zero-order chi connectivity index (χ0) is 13.0. The van der Waals surface area contributed by atoms with Crippen LogP contribution in [0.5, 0.6) is 0 Å². The minimum Gasteiger partial charge on any atom is -0.388 e. The molecule has 0 aromatic carbocycles. The van der Waals surface area contributed by atoms with Gasteiger partial charge in [-0.2, -0.15) is 0 Å². The standard InChI is InChI=1S/C13H14N4O/c1-14-10-6-8-15-11(9-10)13(18)17(2)12-5-3-4-7-16-12/h3-9H,1-2H3,(H,14,15). The number of pyridine rings is 2. The second-order valence-electron chi connectivity index (χ2n) is 3.73. The molecular formula is C13H14N4O. The highest BCUT2D eigenvalue weighted by molar-refractivity contribution is 6.04. The third-order valence-corrected chi connectivity index (χ3v) is 2.57. The summed E-state index contributed by atoms with van der Waals surface area (Å²) in [5.41, 5.74) is 1.23. The van der Waals surface area contributed by atoms with E-state index in [1.165, 1.54) is 4.90 Å². The van der Waals surface area contributed by atoms with Gasteiger partial charge in [0.25, 0.3) is 5.91 Å². The Kier molecular flexibility index (Phi) is 3.52. The molecule has 2 aromatic heterocycles. The molecule has 1 N–H and O–H groups in total. The third kappa shape index (κ3) is 2.45. The van der Waals surface area contributed by atoms with Crippen LogP contribution < -0.4 is 10.2 Å². The molecule has 0 unspecified atom stereocenters. The third-order valence-electron chi connectivity index (χ3n) is 2.57.